The van der Waals surface area contributed by atoms with Crippen molar-refractivity contribution in [3.63, 3.8) is 0 Å². The predicted octanol–water partition coefficient (Wildman–Crippen LogP) is 1.96. The molecule has 0 spiro atoms. The number of nitrogens with zero attached hydrogens (tertiary/aromatic N) is 1. The smallest absolute Gasteiger partial charge is 0.304 e. The molecule has 1 aliphatic rings. The molecular weight excluding hydrogens is 268 g/mol. The number of carboxylic acids is 1. The number of amides is 1. The van der Waals surface area contributed by atoms with Crippen LogP contribution in [-0.2, 0) is 9.59 Å². The Hall–Kier alpha value is -1.88. The van der Waals surface area contributed by atoms with E-state index >= 15 is 0 Å². The predicted molar refractivity (Wildman–Crippen MR) is 81.2 cm³/mol. The third-order valence-electron chi connectivity index (χ3n) is 3.80. The summed E-state index contributed by atoms with van der Waals surface area (Å²) in [5.41, 5.74) is 7.71. The van der Waals surface area contributed by atoms with Crippen molar-refractivity contribution in [1.82, 2.24) is 0 Å². The lowest BCUT2D eigenvalue weighted by Crippen LogP contribution is -2.44. The second-order valence-electron chi connectivity index (χ2n) is 6.04. The number of rotatable bonds is 5. The minimum atomic E-state index is -0.851. The number of carbonyl (C=O) groups excluding carboxylic acids is 1. The molecule has 0 saturated carbocycles. The first-order valence-electron chi connectivity index (χ1n) is 7.27. The summed E-state index contributed by atoms with van der Waals surface area (Å²) in [5.74, 6) is -0.787. The number of carbonyl (C=O) groups is 2. The lowest BCUT2D eigenvalue weighted by Gasteiger charge is -2.23. The third kappa shape index (κ3) is 3.42. The van der Waals surface area contributed by atoms with E-state index in [-0.39, 0.29) is 18.2 Å². The van der Waals surface area contributed by atoms with Crippen LogP contribution in [0, 0.1) is 5.92 Å². The van der Waals surface area contributed by atoms with Gasteiger partial charge in [0, 0.05) is 18.2 Å². The Labute approximate surface area is 124 Å². The number of nitrogens with two attached hydrogens (primary N) is 1. The molecule has 2 atom stereocenters. The van der Waals surface area contributed by atoms with Crippen LogP contribution in [0.3, 0.4) is 0 Å². The molecule has 2 unspecified atom stereocenters. The maximum absolute atomic E-state index is 12.5. The van der Waals surface area contributed by atoms with E-state index in [2.05, 4.69) is 0 Å². The van der Waals surface area contributed by atoms with E-state index in [0.29, 0.717) is 18.9 Å². The van der Waals surface area contributed by atoms with Crippen molar-refractivity contribution in [2.75, 3.05) is 11.4 Å². The van der Waals surface area contributed by atoms with Gasteiger partial charge in [0.05, 0.1) is 12.5 Å². The van der Waals surface area contributed by atoms with E-state index < -0.39 is 12.0 Å². The topological polar surface area (TPSA) is 83.6 Å². The van der Waals surface area contributed by atoms with Crippen LogP contribution in [0.25, 0.3) is 0 Å². The summed E-state index contributed by atoms with van der Waals surface area (Å²) in [4.78, 5) is 25.2. The Morgan fingerprint density at radius 2 is 2.05 bits per heavy atom. The molecular formula is C16H22N2O3. The van der Waals surface area contributed by atoms with Crippen LogP contribution in [0.1, 0.15) is 38.2 Å². The molecule has 1 amide bonds. The number of benzene rings is 1. The first-order chi connectivity index (χ1) is 9.90. The van der Waals surface area contributed by atoms with Crippen molar-refractivity contribution < 1.29 is 14.7 Å². The highest BCUT2D eigenvalue weighted by Gasteiger charge is 2.35. The van der Waals surface area contributed by atoms with Gasteiger partial charge in [-0.3, -0.25) is 9.59 Å². The summed E-state index contributed by atoms with van der Waals surface area (Å²) >= 11 is 0. The van der Waals surface area contributed by atoms with E-state index in [9.17, 15) is 9.59 Å². The van der Waals surface area contributed by atoms with Crippen LogP contribution in [0.4, 0.5) is 5.69 Å². The van der Waals surface area contributed by atoms with Crippen molar-refractivity contribution in [3.8, 4) is 0 Å². The number of aliphatic carboxylic acids is 1. The molecule has 5 heteroatoms. The van der Waals surface area contributed by atoms with Gasteiger partial charge in [0.1, 0.15) is 0 Å². The number of hydrogen-bond donors (Lipinski definition) is 2. The van der Waals surface area contributed by atoms with Crippen LogP contribution < -0.4 is 10.6 Å². The fraction of sp³-hybridized carbons (Fsp3) is 0.500. The maximum atomic E-state index is 12.5. The lowest BCUT2D eigenvalue weighted by atomic mass is 9.98. The van der Waals surface area contributed by atoms with Gasteiger partial charge in [-0.1, -0.05) is 32.0 Å². The molecule has 0 radical (unpaired) electrons. The number of carboxylic acid groups (broad SMARTS) is 1. The molecule has 2 rings (SSSR count). The Morgan fingerprint density at radius 1 is 1.38 bits per heavy atom. The average Bonchev–Trinajstić information content (AvgIpc) is 2.75. The zero-order valence-electron chi connectivity index (χ0n) is 12.5. The van der Waals surface area contributed by atoms with E-state index in [4.69, 9.17) is 10.8 Å². The summed E-state index contributed by atoms with van der Waals surface area (Å²) in [6, 6.07) is 6.94. The van der Waals surface area contributed by atoms with Crippen molar-refractivity contribution >= 4 is 17.6 Å². The van der Waals surface area contributed by atoms with Crippen LogP contribution in [0.5, 0.6) is 0 Å². The van der Waals surface area contributed by atoms with Gasteiger partial charge in [0.15, 0.2) is 0 Å². The van der Waals surface area contributed by atoms with Crippen molar-refractivity contribution in [3.05, 3.63) is 29.8 Å². The lowest BCUT2D eigenvalue weighted by molar-refractivity contribution is -0.137. The monoisotopic (exact) mass is 290 g/mol. The molecule has 0 aromatic heterocycles. The van der Waals surface area contributed by atoms with Crippen LogP contribution in [0.2, 0.25) is 0 Å². The van der Waals surface area contributed by atoms with E-state index in [1.807, 2.05) is 38.1 Å². The minimum absolute atomic E-state index is 0.0280. The molecule has 3 N–H and O–H groups in total. The SMILES string of the molecule is CC(C)CC(N)C(=O)N1CC(CC(=O)O)c2ccccc21. The molecule has 114 valence electrons. The molecule has 0 saturated heterocycles. The molecule has 1 aliphatic heterocycles. The number of anilines is 1. The van der Waals surface area contributed by atoms with Gasteiger partial charge in [0.2, 0.25) is 5.91 Å². The highest BCUT2D eigenvalue weighted by Crippen LogP contribution is 2.38. The van der Waals surface area contributed by atoms with Crippen LogP contribution in [-0.4, -0.2) is 29.6 Å². The van der Waals surface area contributed by atoms with Gasteiger partial charge >= 0.3 is 5.97 Å². The summed E-state index contributed by atoms with van der Waals surface area (Å²) in [5, 5.41) is 9.02. The Bertz CT molecular complexity index is 542. The van der Waals surface area contributed by atoms with Gasteiger partial charge < -0.3 is 15.7 Å². The molecule has 21 heavy (non-hydrogen) atoms. The Kier molecular flexibility index (Phi) is 4.63. The highest BCUT2D eigenvalue weighted by atomic mass is 16.4. The molecule has 1 aromatic rings. The van der Waals surface area contributed by atoms with Crippen LogP contribution >= 0.6 is 0 Å². The van der Waals surface area contributed by atoms with Gasteiger partial charge in [-0.05, 0) is 24.0 Å². The standard InChI is InChI=1S/C16H22N2O3/c1-10(2)7-13(17)16(21)18-9-11(8-15(19)20)12-5-3-4-6-14(12)18/h3-6,10-11,13H,7-9,17H2,1-2H3,(H,19,20). The number of hydrogen-bond acceptors (Lipinski definition) is 3. The molecule has 1 aromatic carbocycles. The quantitative estimate of drug-likeness (QED) is 0.868. The molecule has 5 nitrogen and oxygen atoms in total. The molecule has 0 aliphatic carbocycles. The van der Waals surface area contributed by atoms with Crippen LogP contribution in [0.15, 0.2) is 24.3 Å². The summed E-state index contributed by atoms with van der Waals surface area (Å²) in [6.45, 7) is 4.45. The zero-order chi connectivity index (χ0) is 15.6. The molecule has 0 fully saturated rings. The van der Waals surface area contributed by atoms with Crippen molar-refractivity contribution in [2.24, 2.45) is 11.7 Å². The first-order valence-corrected chi connectivity index (χ1v) is 7.27. The normalized spacial score (nSPS) is 18.7. The van der Waals surface area contributed by atoms with E-state index in [1.54, 1.807) is 4.90 Å². The third-order valence-corrected chi connectivity index (χ3v) is 3.80. The fourth-order valence-corrected chi connectivity index (χ4v) is 2.90. The largest absolute Gasteiger partial charge is 0.481 e. The van der Waals surface area contributed by atoms with Gasteiger partial charge in [-0.25, -0.2) is 0 Å². The summed E-state index contributed by atoms with van der Waals surface area (Å²) < 4.78 is 0. The Balaban J connectivity index is 2.22. The van der Waals surface area contributed by atoms with E-state index in [0.717, 1.165) is 11.3 Å². The van der Waals surface area contributed by atoms with E-state index in [1.165, 1.54) is 0 Å². The fourth-order valence-electron chi connectivity index (χ4n) is 2.90. The molecule has 1 heterocycles. The van der Waals surface area contributed by atoms with Crippen molar-refractivity contribution in [2.45, 2.75) is 38.6 Å². The van der Waals surface area contributed by atoms with Gasteiger partial charge in [-0.15, -0.1) is 0 Å². The number of para-hydroxylation sites is 1. The molecule has 0 bridgehead atoms. The second-order valence-corrected chi connectivity index (χ2v) is 6.04. The Morgan fingerprint density at radius 3 is 2.67 bits per heavy atom. The first kappa shape index (κ1) is 15.5. The zero-order valence-corrected chi connectivity index (χ0v) is 12.5. The summed E-state index contributed by atoms with van der Waals surface area (Å²) in [6.07, 6.45) is 0.654. The number of fused-ring (bicyclic) bond motifs is 1. The van der Waals surface area contributed by atoms with Gasteiger partial charge in [0.25, 0.3) is 0 Å². The van der Waals surface area contributed by atoms with Gasteiger partial charge in [-0.2, -0.15) is 0 Å². The second kappa shape index (κ2) is 6.26. The minimum Gasteiger partial charge on any atom is -0.481 e. The maximum Gasteiger partial charge on any atom is 0.304 e. The average molecular weight is 290 g/mol. The van der Waals surface area contributed by atoms with Crippen molar-refractivity contribution in [1.29, 1.82) is 0 Å². The summed E-state index contributed by atoms with van der Waals surface area (Å²) in [7, 11) is 0. The highest BCUT2D eigenvalue weighted by molar-refractivity contribution is 5.99.